The van der Waals surface area contributed by atoms with Crippen LogP contribution >= 0.6 is 0 Å². The van der Waals surface area contributed by atoms with Gasteiger partial charge in [-0.15, -0.1) is 0 Å². The Morgan fingerprint density at radius 1 is 1.20 bits per heavy atom. The summed E-state index contributed by atoms with van der Waals surface area (Å²) in [4.78, 5) is 11.6. The highest BCUT2D eigenvalue weighted by Crippen LogP contribution is 2.20. The first kappa shape index (κ1) is 14.9. The molecule has 0 atom stereocenters. The molecule has 4 nitrogen and oxygen atoms in total. The highest BCUT2D eigenvalue weighted by Gasteiger charge is 2.17. The highest BCUT2D eigenvalue weighted by molar-refractivity contribution is 5.71. The maximum atomic E-state index is 11.6. The number of hydrogen-bond donors (Lipinski definition) is 1. The number of hydrogen-bond acceptors (Lipinski definition) is 4. The number of rotatable bonds is 3. The number of benzene rings is 1. The van der Waals surface area contributed by atoms with Crippen molar-refractivity contribution in [3.05, 3.63) is 29.3 Å². The minimum Gasteiger partial charge on any atom is -0.482 e. The van der Waals surface area contributed by atoms with E-state index in [1.54, 1.807) is 0 Å². The van der Waals surface area contributed by atoms with E-state index in [-0.39, 0.29) is 12.6 Å². The summed E-state index contributed by atoms with van der Waals surface area (Å²) >= 11 is 0. The van der Waals surface area contributed by atoms with Gasteiger partial charge in [-0.1, -0.05) is 6.07 Å². The Morgan fingerprint density at radius 2 is 1.90 bits per heavy atom. The third-order valence-corrected chi connectivity index (χ3v) is 3.10. The zero-order valence-electron chi connectivity index (χ0n) is 12.5. The van der Waals surface area contributed by atoms with E-state index in [0.29, 0.717) is 0 Å². The normalized spacial score (nSPS) is 15.2. The molecule has 1 N–H and O–H groups in total. The Bertz CT molecular complexity index is 477. The molecule has 0 saturated carbocycles. The summed E-state index contributed by atoms with van der Waals surface area (Å²) in [5.41, 5.74) is 2.19. The quantitative estimate of drug-likeness (QED) is 0.860. The maximum absolute atomic E-state index is 11.6. The van der Waals surface area contributed by atoms with Crippen LogP contribution < -0.4 is 10.1 Å². The molecular weight excluding hydrogens is 254 g/mol. The average molecular weight is 277 g/mol. The number of fused-ring (bicyclic) bond motifs is 1. The molecule has 20 heavy (non-hydrogen) atoms. The highest BCUT2D eigenvalue weighted by atomic mass is 16.6. The third-order valence-electron chi connectivity index (χ3n) is 3.10. The average Bonchev–Trinajstić information content (AvgIpc) is 2.58. The zero-order valence-corrected chi connectivity index (χ0v) is 12.5. The fraction of sp³-hybridized carbons (Fsp3) is 0.562. The van der Waals surface area contributed by atoms with E-state index >= 15 is 0 Å². The van der Waals surface area contributed by atoms with E-state index in [1.807, 2.05) is 32.9 Å². The lowest BCUT2D eigenvalue weighted by molar-refractivity contribution is -0.157. The summed E-state index contributed by atoms with van der Waals surface area (Å²) in [5, 5.41) is 3.37. The van der Waals surface area contributed by atoms with Gasteiger partial charge in [0.05, 0.1) is 0 Å². The largest absolute Gasteiger partial charge is 0.482 e. The van der Waals surface area contributed by atoms with Gasteiger partial charge in [0.25, 0.3) is 0 Å². The van der Waals surface area contributed by atoms with Crippen molar-refractivity contribution in [3.8, 4) is 5.75 Å². The van der Waals surface area contributed by atoms with Crippen LogP contribution in [0.5, 0.6) is 5.75 Å². The lowest BCUT2D eigenvalue weighted by Gasteiger charge is -2.19. The van der Waals surface area contributed by atoms with Crippen molar-refractivity contribution < 1.29 is 14.3 Å². The van der Waals surface area contributed by atoms with Crippen LogP contribution in [0.15, 0.2) is 18.2 Å². The smallest absolute Gasteiger partial charge is 0.344 e. The van der Waals surface area contributed by atoms with Gasteiger partial charge in [0.1, 0.15) is 11.4 Å². The summed E-state index contributed by atoms with van der Waals surface area (Å²) < 4.78 is 10.7. The molecule has 0 amide bonds. The van der Waals surface area contributed by atoms with Crippen molar-refractivity contribution in [3.63, 3.8) is 0 Å². The van der Waals surface area contributed by atoms with Crippen molar-refractivity contribution in [2.75, 3.05) is 19.7 Å². The number of carbonyl (C=O) groups is 1. The molecule has 1 aliphatic heterocycles. The lowest BCUT2D eigenvalue weighted by Crippen LogP contribution is -2.27. The van der Waals surface area contributed by atoms with Gasteiger partial charge in [0.2, 0.25) is 0 Å². The van der Waals surface area contributed by atoms with Gasteiger partial charge in [0.15, 0.2) is 6.61 Å². The molecule has 2 rings (SSSR count). The lowest BCUT2D eigenvalue weighted by atomic mass is 10.0. The molecule has 0 saturated heterocycles. The molecule has 0 bridgehead atoms. The third kappa shape index (κ3) is 4.53. The number of nitrogens with one attached hydrogen (secondary N) is 1. The minimum absolute atomic E-state index is 0.0473. The maximum Gasteiger partial charge on any atom is 0.344 e. The summed E-state index contributed by atoms with van der Waals surface area (Å²) in [6.45, 7) is 7.50. The molecular formula is C16H23NO3. The van der Waals surface area contributed by atoms with Crippen LogP contribution in [-0.4, -0.2) is 31.3 Å². The monoisotopic (exact) mass is 277 g/mol. The number of ether oxygens (including phenoxy) is 2. The van der Waals surface area contributed by atoms with Gasteiger partial charge >= 0.3 is 5.97 Å². The van der Waals surface area contributed by atoms with Gasteiger partial charge in [-0.05, 0) is 70.0 Å². The van der Waals surface area contributed by atoms with Gasteiger partial charge in [-0.3, -0.25) is 0 Å². The second kappa shape index (κ2) is 6.27. The fourth-order valence-corrected chi connectivity index (χ4v) is 2.25. The van der Waals surface area contributed by atoms with Crippen LogP contribution in [0.2, 0.25) is 0 Å². The van der Waals surface area contributed by atoms with E-state index in [0.717, 1.165) is 31.7 Å². The van der Waals surface area contributed by atoms with Crippen LogP contribution in [0, 0.1) is 0 Å². The van der Waals surface area contributed by atoms with E-state index in [4.69, 9.17) is 9.47 Å². The van der Waals surface area contributed by atoms with Crippen LogP contribution in [0.4, 0.5) is 0 Å². The predicted molar refractivity (Wildman–Crippen MR) is 78.1 cm³/mol. The van der Waals surface area contributed by atoms with E-state index in [1.165, 1.54) is 11.1 Å². The molecule has 4 heteroatoms. The number of carbonyl (C=O) groups excluding carboxylic acids is 1. The Balaban J connectivity index is 1.94. The number of esters is 1. The molecule has 1 aromatic rings. The van der Waals surface area contributed by atoms with E-state index < -0.39 is 5.60 Å². The molecule has 0 unspecified atom stereocenters. The van der Waals surface area contributed by atoms with E-state index in [9.17, 15) is 4.79 Å². The first-order valence-corrected chi connectivity index (χ1v) is 7.11. The van der Waals surface area contributed by atoms with Crippen molar-refractivity contribution in [2.24, 2.45) is 0 Å². The van der Waals surface area contributed by atoms with Gasteiger partial charge in [-0.2, -0.15) is 0 Å². The first-order chi connectivity index (χ1) is 9.44. The molecule has 1 aromatic carbocycles. The van der Waals surface area contributed by atoms with Crippen LogP contribution in [0.1, 0.15) is 31.9 Å². The Kier molecular flexibility index (Phi) is 4.65. The Hall–Kier alpha value is -1.55. The van der Waals surface area contributed by atoms with Crippen LogP contribution in [-0.2, 0) is 22.4 Å². The molecule has 1 aliphatic rings. The van der Waals surface area contributed by atoms with Crippen LogP contribution in [0.25, 0.3) is 0 Å². The SMILES string of the molecule is CC(C)(C)OC(=O)COc1ccc2c(c1)CCNCC2. The topological polar surface area (TPSA) is 47.6 Å². The second-order valence-corrected chi connectivity index (χ2v) is 6.06. The van der Waals surface area contributed by atoms with Gasteiger partial charge < -0.3 is 14.8 Å². The zero-order chi connectivity index (χ0) is 14.6. The molecule has 0 fully saturated rings. The standard InChI is InChI=1S/C16H23NO3/c1-16(2,3)20-15(18)11-19-14-5-4-12-6-8-17-9-7-13(12)10-14/h4-5,10,17H,6-9,11H2,1-3H3. The molecule has 0 aliphatic carbocycles. The summed E-state index contributed by atoms with van der Waals surface area (Å²) in [5.74, 6) is 0.394. The summed E-state index contributed by atoms with van der Waals surface area (Å²) in [6.07, 6.45) is 2.04. The van der Waals surface area contributed by atoms with Crippen molar-refractivity contribution >= 4 is 5.97 Å². The Labute approximate surface area is 120 Å². The van der Waals surface area contributed by atoms with E-state index in [2.05, 4.69) is 11.4 Å². The molecule has 1 heterocycles. The van der Waals surface area contributed by atoms with Gasteiger partial charge in [-0.25, -0.2) is 4.79 Å². The Morgan fingerprint density at radius 3 is 2.60 bits per heavy atom. The fourth-order valence-electron chi connectivity index (χ4n) is 2.25. The van der Waals surface area contributed by atoms with Crippen molar-refractivity contribution in [1.82, 2.24) is 5.32 Å². The molecule has 0 spiro atoms. The molecule has 110 valence electrons. The first-order valence-electron chi connectivity index (χ1n) is 7.11. The van der Waals surface area contributed by atoms with Crippen LogP contribution in [0.3, 0.4) is 0 Å². The minimum atomic E-state index is -0.472. The predicted octanol–water partition coefficient (Wildman–Crippen LogP) is 2.10. The van der Waals surface area contributed by atoms with Gasteiger partial charge in [0, 0.05) is 0 Å². The summed E-state index contributed by atoms with van der Waals surface area (Å²) in [7, 11) is 0. The van der Waals surface area contributed by atoms with Crippen molar-refractivity contribution in [1.29, 1.82) is 0 Å². The molecule has 0 radical (unpaired) electrons. The molecule has 0 aromatic heterocycles. The van der Waals surface area contributed by atoms with Crippen molar-refractivity contribution in [2.45, 2.75) is 39.2 Å². The summed E-state index contributed by atoms with van der Waals surface area (Å²) in [6, 6.07) is 6.05. The second-order valence-electron chi connectivity index (χ2n) is 6.06.